The van der Waals surface area contributed by atoms with E-state index in [0.29, 0.717) is 35.8 Å². The van der Waals surface area contributed by atoms with E-state index in [0.717, 1.165) is 21.5 Å². The second-order valence-electron chi connectivity index (χ2n) is 4.38. The van der Waals surface area contributed by atoms with Crippen LogP contribution in [0.5, 0.6) is 11.5 Å². The van der Waals surface area contributed by atoms with Crippen LogP contribution in [0.2, 0.25) is 0 Å². The Morgan fingerprint density at radius 2 is 1.67 bits per heavy atom. The Morgan fingerprint density at radius 3 is 2.33 bits per heavy atom. The van der Waals surface area contributed by atoms with Crippen molar-refractivity contribution in [3.05, 3.63) is 28.2 Å². The van der Waals surface area contributed by atoms with Crippen LogP contribution in [-0.4, -0.2) is 23.2 Å². The number of thioether (sulfide) groups is 1. The van der Waals surface area contributed by atoms with Gasteiger partial charge in [0, 0.05) is 16.3 Å². The molecular formula is C13H13BrN4O2S. The fourth-order valence-corrected chi connectivity index (χ4v) is 3.40. The molecule has 0 bridgehead atoms. The number of ether oxygens (including phenoxy) is 2. The maximum Gasteiger partial charge on any atom is 0.191 e. The number of benzene rings is 1. The van der Waals surface area contributed by atoms with Gasteiger partial charge in [0.05, 0.1) is 0 Å². The maximum absolute atomic E-state index is 5.66. The molecule has 0 unspecified atom stereocenters. The number of aromatic nitrogens is 2. The predicted molar refractivity (Wildman–Crippen MR) is 85.5 cm³/mol. The molecule has 2 aromatic rings. The van der Waals surface area contributed by atoms with E-state index in [4.69, 9.17) is 20.9 Å². The van der Waals surface area contributed by atoms with E-state index in [1.54, 1.807) is 0 Å². The first-order chi connectivity index (χ1) is 10.1. The molecule has 0 amide bonds. The molecule has 0 aliphatic carbocycles. The molecule has 1 aliphatic heterocycles. The van der Waals surface area contributed by atoms with Crippen molar-refractivity contribution in [2.75, 3.05) is 24.7 Å². The smallest absolute Gasteiger partial charge is 0.191 e. The standard InChI is InChI=1S/C13H13BrN4O2S/c14-8-4-10-9(19-1-2-20-10)3-7(8)6-21-13-17-11(15)5-12(16)18-13/h3-5H,1-2,6H2,(H4,15,16,17,18). The lowest BCUT2D eigenvalue weighted by Crippen LogP contribution is -2.15. The van der Waals surface area contributed by atoms with Crippen molar-refractivity contribution in [3.63, 3.8) is 0 Å². The second kappa shape index (κ2) is 5.98. The zero-order chi connectivity index (χ0) is 14.8. The van der Waals surface area contributed by atoms with E-state index < -0.39 is 0 Å². The number of hydrogen-bond acceptors (Lipinski definition) is 7. The fourth-order valence-electron chi connectivity index (χ4n) is 1.89. The summed E-state index contributed by atoms with van der Waals surface area (Å²) in [5.74, 6) is 2.91. The van der Waals surface area contributed by atoms with Gasteiger partial charge in [-0.3, -0.25) is 0 Å². The van der Waals surface area contributed by atoms with Crippen molar-refractivity contribution in [3.8, 4) is 11.5 Å². The summed E-state index contributed by atoms with van der Waals surface area (Å²) in [4.78, 5) is 8.29. The Kier molecular flexibility index (Phi) is 4.07. The second-order valence-corrected chi connectivity index (χ2v) is 6.17. The van der Waals surface area contributed by atoms with Gasteiger partial charge in [-0.2, -0.15) is 0 Å². The summed E-state index contributed by atoms with van der Waals surface area (Å²) in [6, 6.07) is 5.41. The Morgan fingerprint density at radius 1 is 1.05 bits per heavy atom. The van der Waals surface area contributed by atoms with Crippen LogP contribution in [0.1, 0.15) is 5.56 Å². The van der Waals surface area contributed by atoms with Gasteiger partial charge in [0.1, 0.15) is 24.8 Å². The van der Waals surface area contributed by atoms with E-state index in [1.165, 1.54) is 17.8 Å². The lowest BCUT2D eigenvalue weighted by molar-refractivity contribution is 0.171. The van der Waals surface area contributed by atoms with Gasteiger partial charge in [-0.15, -0.1) is 0 Å². The van der Waals surface area contributed by atoms with Crippen molar-refractivity contribution in [1.29, 1.82) is 0 Å². The topological polar surface area (TPSA) is 96.3 Å². The van der Waals surface area contributed by atoms with Crippen LogP contribution < -0.4 is 20.9 Å². The van der Waals surface area contributed by atoms with Crippen LogP contribution in [0.4, 0.5) is 11.6 Å². The van der Waals surface area contributed by atoms with Crippen molar-refractivity contribution >= 4 is 39.3 Å². The zero-order valence-electron chi connectivity index (χ0n) is 11.0. The Balaban J connectivity index is 1.78. The molecule has 1 aliphatic rings. The molecule has 0 saturated heterocycles. The van der Waals surface area contributed by atoms with Gasteiger partial charge in [0.15, 0.2) is 16.7 Å². The van der Waals surface area contributed by atoms with Gasteiger partial charge in [-0.05, 0) is 17.7 Å². The van der Waals surface area contributed by atoms with Gasteiger partial charge < -0.3 is 20.9 Å². The van der Waals surface area contributed by atoms with Crippen molar-refractivity contribution in [2.24, 2.45) is 0 Å². The molecule has 110 valence electrons. The normalized spacial score (nSPS) is 13.2. The summed E-state index contributed by atoms with van der Waals surface area (Å²) < 4.78 is 12.1. The van der Waals surface area contributed by atoms with Gasteiger partial charge in [0.2, 0.25) is 0 Å². The zero-order valence-corrected chi connectivity index (χ0v) is 13.4. The van der Waals surface area contributed by atoms with E-state index in [1.807, 2.05) is 12.1 Å². The van der Waals surface area contributed by atoms with E-state index in [9.17, 15) is 0 Å². The van der Waals surface area contributed by atoms with E-state index >= 15 is 0 Å². The first kappa shape index (κ1) is 14.3. The Hall–Kier alpha value is -1.67. The van der Waals surface area contributed by atoms with Crippen LogP contribution in [-0.2, 0) is 5.75 Å². The summed E-state index contributed by atoms with van der Waals surface area (Å²) >= 11 is 5.00. The quantitative estimate of drug-likeness (QED) is 0.634. The number of nitrogen functional groups attached to an aromatic ring is 2. The van der Waals surface area contributed by atoms with Crippen LogP contribution >= 0.6 is 27.7 Å². The first-order valence-electron chi connectivity index (χ1n) is 6.22. The molecular weight excluding hydrogens is 356 g/mol. The molecule has 3 rings (SSSR count). The molecule has 1 aromatic heterocycles. The summed E-state index contributed by atoms with van der Waals surface area (Å²) in [6.07, 6.45) is 0. The molecule has 4 N–H and O–H groups in total. The van der Waals surface area contributed by atoms with Crippen molar-refractivity contribution in [2.45, 2.75) is 10.9 Å². The molecule has 0 atom stereocenters. The molecule has 0 saturated carbocycles. The SMILES string of the molecule is Nc1cc(N)nc(SCc2cc3c(cc2Br)OCCO3)n1. The number of fused-ring (bicyclic) bond motifs is 1. The number of nitrogens with zero attached hydrogens (tertiary/aromatic N) is 2. The number of anilines is 2. The van der Waals surface area contributed by atoms with Gasteiger partial charge in [0.25, 0.3) is 0 Å². The van der Waals surface area contributed by atoms with Crippen LogP contribution in [0, 0.1) is 0 Å². The first-order valence-corrected chi connectivity index (χ1v) is 8.00. The average molecular weight is 369 g/mol. The fraction of sp³-hybridized carbons (Fsp3) is 0.231. The molecule has 1 aromatic carbocycles. The predicted octanol–water partition coefficient (Wildman–Crippen LogP) is 2.47. The lowest BCUT2D eigenvalue weighted by Gasteiger charge is -2.19. The number of nitrogens with two attached hydrogens (primary N) is 2. The molecule has 6 nitrogen and oxygen atoms in total. The van der Waals surface area contributed by atoms with Crippen LogP contribution in [0.15, 0.2) is 27.8 Å². The Bertz CT molecular complexity index is 663. The third-order valence-corrected chi connectivity index (χ3v) is 4.45. The molecule has 0 fully saturated rings. The monoisotopic (exact) mass is 368 g/mol. The van der Waals surface area contributed by atoms with E-state index in [-0.39, 0.29) is 0 Å². The highest BCUT2D eigenvalue weighted by Crippen LogP contribution is 2.37. The minimum atomic E-state index is 0.367. The summed E-state index contributed by atoms with van der Waals surface area (Å²) in [5, 5.41) is 0.550. The molecule has 8 heteroatoms. The molecule has 0 radical (unpaired) electrons. The molecule has 21 heavy (non-hydrogen) atoms. The minimum absolute atomic E-state index is 0.367. The minimum Gasteiger partial charge on any atom is -0.486 e. The summed E-state index contributed by atoms with van der Waals surface area (Å²) in [7, 11) is 0. The van der Waals surface area contributed by atoms with Gasteiger partial charge >= 0.3 is 0 Å². The largest absolute Gasteiger partial charge is 0.486 e. The summed E-state index contributed by atoms with van der Waals surface area (Å²) in [6.45, 7) is 1.14. The highest BCUT2D eigenvalue weighted by Gasteiger charge is 2.15. The highest BCUT2D eigenvalue weighted by atomic mass is 79.9. The third kappa shape index (κ3) is 3.33. The van der Waals surface area contributed by atoms with Gasteiger partial charge in [-0.1, -0.05) is 27.7 Å². The number of rotatable bonds is 3. The summed E-state index contributed by atoms with van der Waals surface area (Å²) in [5.41, 5.74) is 12.4. The maximum atomic E-state index is 5.66. The van der Waals surface area contributed by atoms with Crippen molar-refractivity contribution in [1.82, 2.24) is 9.97 Å². The average Bonchev–Trinajstić information content (AvgIpc) is 2.44. The lowest BCUT2D eigenvalue weighted by atomic mass is 10.2. The van der Waals surface area contributed by atoms with E-state index in [2.05, 4.69) is 25.9 Å². The van der Waals surface area contributed by atoms with Crippen LogP contribution in [0.25, 0.3) is 0 Å². The Labute approximate surface area is 134 Å². The highest BCUT2D eigenvalue weighted by molar-refractivity contribution is 9.10. The number of hydrogen-bond donors (Lipinski definition) is 2. The molecule has 2 heterocycles. The van der Waals surface area contributed by atoms with Crippen molar-refractivity contribution < 1.29 is 9.47 Å². The van der Waals surface area contributed by atoms with Crippen LogP contribution in [0.3, 0.4) is 0 Å². The molecule has 0 spiro atoms. The van der Waals surface area contributed by atoms with Gasteiger partial charge in [-0.25, -0.2) is 9.97 Å². The third-order valence-electron chi connectivity index (χ3n) is 2.81. The number of halogens is 1.